The van der Waals surface area contributed by atoms with E-state index in [1.165, 1.54) is 0 Å². The van der Waals surface area contributed by atoms with Gasteiger partial charge < -0.3 is 9.47 Å². The lowest BCUT2D eigenvalue weighted by Crippen LogP contribution is -2.15. The molecule has 0 spiro atoms. The van der Waals surface area contributed by atoms with Crippen LogP contribution in [0.25, 0.3) is 0 Å². The molecule has 0 saturated carbocycles. The Hall–Kier alpha value is -1.84. The molecule has 24 heavy (non-hydrogen) atoms. The number of benzene rings is 1. The van der Waals surface area contributed by atoms with E-state index < -0.39 is 0 Å². The normalized spacial score (nSPS) is 11.8. The number of esters is 2. The van der Waals surface area contributed by atoms with E-state index in [0.29, 0.717) is 19.4 Å². The second-order valence-electron chi connectivity index (χ2n) is 6.11. The van der Waals surface area contributed by atoms with Gasteiger partial charge in [-0.15, -0.1) is 0 Å². The molecule has 0 fully saturated rings. The number of ether oxygens (including phenoxy) is 2. The number of unbranched alkanes of at least 4 members (excludes halogenated alkanes) is 2. The van der Waals surface area contributed by atoms with Crippen LogP contribution in [0, 0.1) is 0 Å². The molecule has 134 valence electrons. The first-order valence-electron chi connectivity index (χ1n) is 9.00. The minimum absolute atomic E-state index is 0.0399. The van der Waals surface area contributed by atoms with Crippen molar-refractivity contribution < 1.29 is 19.1 Å². The highest BCUT2D eigenvalue weighted by Gasteiger charge is 2.11. The van der Waals surface area contributed by atoms with Crippen molar-refractivity contribution >= 4 is 11.9 Å². The van der Waals surface area contributed by atoms with E-state index in [1.807, 2.05) is 37.3 Å². The number of rotatable bonds is 12. The SMILES string of the molecule is CCCCCC(C)OC(=O)CCCC(=O)OCCc1ccccc1. The zero-order chi connectivity index (χ0) is 17.6. The predicted molar refractivity (Wildman–Crippen MR) is 94.7 cm³/mol. The van der Waals surface area contributed by atoms with E-state index in [1.54, 1.807) is 0 Å². The molecule has 1 rings (SSSR count). The van der Waals surface area contributed by atoms with Crippen LogP contribution in [0.15, 0.2) is 30.3 Å². The Morgan fingerprint density at radius 1 is 1.00 bits per heavy atom. The summed E-state index contributed by atoms with van der Waals surface area (Å²) >= 11 is 0. The zero-order valence-corrected chi connectivity index (χ0v) is 15.0. The van der Waals surface area contributed by atoms with E-state index in [4.69, 9.17) is 9.47 Å². The summed E-state index contributed by atoms with van der Waals surface area (Å²) in [5.41, 5.74) is 1.14. The van der Waals surface area contributed by atoms with Crippen LogP contribution in [0.4, 0.5) is 0 Å². The summed E-state index contributed by atoms with van der Waals surface area (Å²) in [5, 5.41) is 0. The molecule has 0 aliphatic rings. The Labute approximate surface area is 145 Å². The van der Waals surface area contributed by atoms with Gasteiger partial charge in [0.1, 0.15) is 0 Å². The maximum Gasteiger partial charge on any atom is 0.306 e. The average Bonchev–Trinajstić information content (AvgIpc) is 2.56. The summed E-state index contributed by atoms with van der Waals surface area (Å²) in [6.45, 7) is 4.45. The zero-order valence-electron chi connectivity index (χ0n) is 15.0. The summed E-state index contributed by atoms with van der Waals surface area (Å²) in [7, 11) is 0. The van der Waals surface area contributed by atoms with E-state index in [-0.39, 0.29) is 30.9 Å². The molecule has 4 nitrogen and oxygen atoms in total. The first kappa shape index (κ1) is 20.2. The lowest BCUT2D eigenvalue weighted by molar-refractivity contribution is -0.149. The number of hydrogen-bond acceptors (Lipinski definition) is 4. The Balaban J connectivity index is 2.04. The van der Waals surface area contributed by atoms with Crippen molar-refractivity contribution in [3.63, 3.8) is 0 Å². The van der Waals surface area contributed by atoms with Crippen molar-refractivity contribution in [3.05, 3.63) is 35.9 Å². The summed E-state index contributed by atoms with van der Waals surface area (Å²) in [5.74, 6) is -0.481. The summed E-state index contributed by atoms with van der Waals surface area (Å²) in [6.07, 6.45) is 5.99. The Morgan fingerprint density at radius 2 is 1.71 bits per heavy atom. The Bertz CT molecular complexity index is 470. The first-order valence-corrected chi connectivity index (χ1v) is 9.00. The van der Waals surface area contributed by atoms with Gasteiger partial charge in [-0.3, -0.25) is 9.59 Å². The van der Waals surface area contributed by atoms with Crippen LogP contribution >= 0.6 is 0 Å². The maximum atomic E-state index is 11.7. The van der Waals surface area contributed by atoms with Crippen molar-refractivity contribution in [2.45, 2.75) is 71.3 Å². The van der Waals surface area contributed by atoms with Crippen LogP contribution in [-0.4, -0.2) is 24.6 Å². The van der Waals surface area contributed by atoms with Gasteiger partial charge in [0, 0.05) is 19.3 Å². The highest BCUT2D eigenvalue weighted by Crippen LogP contribution is 2.09. The fourth-order valence-corrected chi connectivity index (χ4v) is 2.40. The molecule has 0 heterocycles. The minimum Gasteiger partial charge on any atom is -0.465 e. The quantitative estimate of drug-likeness (QED) is 0.418. The van der Waals surface area contributed by atoms with Crippen LogP contribution in [0.5, 0.6) is 0 Å². The van der Waals surface area contributed by atoms with Crippen LogP contribution < -0.4 is 0 Å². The Kier molecular flexibility index (Phi) is 10.6. The standard InChI is InChI=1S/C20H30O4/c1-3-4-6-10-17(2)24-20(22)14-9-13-19(21)23-16-15-18-11-7-5-8-12-18/h5,7-8,11-12,17H,3-4,6,9-10,13-16H2,1-2H3. The van der Waals surface area contributed by atoms with Crippen LogP contribution in [0.3, 0.4) is 0 Å². The van der Waals surface area contributed by atoms with Gasteiger partial charge in [-0.05, 0) is 31.7 Å². The van der Waals surface area contributed by atoms with Gasteiger partial charge in [0.25, 0.3) is 0 Å². The summed E-state index contributed by atoms with van der Waals surface area (Å²) in [4.78, 5) is 23.3. The fraction of sp³-hybridized carbons (Fsp3) is 0.600. The smallest absolute Gasteiger partial charge is 0.306 e. The molecule has 4 heteroatoms. The maximum absolute atomic E-state index is 11.7. The predicted octanol–water partition coefficient (Wildman–Crippen LogP) is 4.45. The molecule has 0 aromatic heterocycles. The molecule has 1 aromatic rings. The topological polar surface area (TPSA) is 52.6 Å². The third kappa shape index (κ3) is 10.0. The molecule has 0 bridgehead atoms. The van der Waals surface area contributed by atoms with Crippen molar-refractivity contribution in [2.24, 2.45) is 0 Å². The van der Waals surface area contributed by atoms with Crippen LogP contribution in [0.1, 0.15) is 64.4 Å². The van der Waals surface area contributed by atoms with Gasteiger partial charge >= 0.3 is 11.9 Å². The highest BCUT2D eigenvalue weighted by molar-refractivity contribution is 5.72. The highest BCUT2D eigenvalue weighted by atomic mass is 16.5. The molecule has 1 unspecified atom stereocenters. The molecular weight excluding hydrogens is 304 g/mol. The molecule has 0 N–H and O–H groups in total. The Morgan fingerprint density at radius 3 is 2.42 bits per heavy atom. The molecule has 0 aliphatic heterocycles. The van der Waals surface area contributed by atoms with Crippen molar-refractivity contribution in [1.29, 1.82) is 0 Å². The molecule has 0 radical (unpaired) electrons. The van der Waals surface area contributed by atoms with Crippen molar-refractivity contribution in [3.8, 4) is 0 Å². The second-order valence-corrected chi connectivity index (χ2v) is 6.11. The average molecular weight is 334 g/mol. The van der Waals surface area contributed by atoms with E-state index >= 15 is 0 Å². The van der Waals surface area contributed by atoms with E-state index in [0.717, 1.165) is 31.2 Å². The van der Waals surface area contributed by atoms with Gasteiger partial charge in [-0.25, -0.2) is 0 Å². The third-order valence-electron chi connectivity index (χ3n) is 3.81. The monoisotopic (exact) mass is 334 g/mol. The van der Waals surface area contributed by atoms with E-state index in [2.05, 4.69) is 6.92 Å². The van der Waals surface area contributed by atoms with Gasteiger partial charge in [-0.1, -0.05) is 50.1 Å². The fourth-order valence-electron chi connectivity index (χ4n) is 2.40. The third-order valence-corrected chi connectivity index (χ3v) is 3.81. The first-order chi connectivity index (χ1) is 11.6. The van der Waals surface area contributed by atoms with E-state index in [9.17, 15) is 9.59 Å². The molecule has 1 aromatic carbocycles. The van der Waals surface area contributed by atoms with Gasteiger partial charge in [0.15, 0.2) is 0 Å². The number of carbonyl (C=O) groups excluding carboxylic acids is 2. The lowest BCUT2D eigenvalue weighted by atomic mass is 10.1. The second kappa shape index (κ2) is 12.6. The molecule has 0 aliphatic carbocycles. The van der Waals surface area contributed by atoms with Gasteiger partial charge in [0.05, 0.1) is 12.7 Å². The molecule has 0 amide bonds. The van der Waals surface area contributed by atoms with Crippen molar-refractivity contribution in [1.82, 2.24) is 0 Å². The molecule has 1 atom stereocenters. The number of carbonyl (C=O) groups is 2. The summed E-state index contributed by atoms with van der Waals surface area (Å²) < 4.78 is 10.5. The van der Waals surface area contributed by atoms with Gasteiger partial charge in [0.2, 0.25) is 0 Å². The minimum atomic E-state index is -0.255. The molecular formula is C20H30O4. The molecule has 0 saturated heterocycles. The summed E-state index contributed by atoms with van der Waals surface area (Å²) in [6, 6.07) is 9.90. The van der Waals surface area contributed by atoms with Crippen molar-refractivity contribution in [2.75, 3.05) is 6.61 Å². The van der Waals surface area contributed by atoms with Gasteiger partial charge in [-0.2, -0.15) is 0 Å². The largest absolute Gasteiger partial charge is 0.465 e. The van der Waals surface area contributed by atoms with Crippen LogP contribution in [-0.2, 0) is 25.5 Å². The lowest BCUT2D eigenvalue weighted by Gasteiger charge is -2.12. The number of hydrogen-bond donors (Lipinski definition) is 0. The van der Waals surface area contributed by atoms with Crippen LogP contribution in [0.2, 0.25) is 0 Å².